The number of nitrogens with zero attached hydrogens (tertiary/aromatic N) is 3. The van der Waals surface area contributed by atoms with E-state index in [9.17, 15) is 4.79 Å². The van der Waals surface area contributed by atoms with Crippen LogP contribution in [-0.2, 0) is 9.47 Å². The van der Waals surface area contributed by atoms with Crippen LogP contribution in [0.2, 0.25) is 0 Å². The summed E-state index contributed by atoms with van der Waals surface area (Å²) in [5.41, 5.74) is 0.215. The van der Waals surface area contributed by atoms with E-state index in [-0.39, 0.29) is 5.69 Å². The minimum atomic E-state index is -0.477. The van der Waals surface area contributed by atoms with Crippen molar-refractivity contribution >= 4 is 11.8 Å². The molecule has 0 spiro atoms. The molecule has 0 amide bonds. The summed E-state index contributed by atoms with van der Waals surface area (Å²) in [6.07, 6.45) is 5.09. The van der Waals surface area contributed by atoms with Gasteiger partial charge in [-0.2, -0.15) is 0 Å². The molecule has 6 heteroatoms. The summed E-state index contributed by atoms with van der Waals surface area (Å²) in [6.45, 7) is 5.65. The number of hydrogen-bond acceptors (Lipinski definition) is 6. The summed E-state index contributed by atoms with van der Waals surface area (Å²) in [7, 11) is 3.00. The van der Waals surface area contributed by atoms with Gasteiger partial charge in [0.15, 0.2) is 5.69 Å². The normalized spacial score (nSPS) is 10.7. The van der Waals surface area contributed by atoms with Crippen LogP contribution in [0.25, 0.3) is 0 Å². The third-order valence-corrected chi connectivity index (χ3v) is 3.25. The van der Waals surface area contributed by atoms with Crippen molar-refractivity contribution in [2.45, 2.75) is 32.7 Å². The molecule has 1 heterocycles. The molecule has 0 atom stereocenters. The van der Waals surface area contributed by atoms with Crippen LogP contribution in [0.3, 0.4) is 0 Å². The molecule has 0 bridgehead atoms. The summed E-state index contributed by atoms with van der Waals surface area (Å²) in [5.74, 6) is 0.276. The minimum absolute atomic E-state index is 0.215. The predicted octanol–water partition coefficient (Wildman–Crippen LogP) is 1.90. The largest absolute Gasteiger partial charge is 0.464 e. The van der Waals surface area contributed by atoms with Crippen LogP contribution in [0, 0.1) is 0 Å². The fraction of sp³-hybridized carbons (Fsp3) is 0.643. The number of esters is 1. The maximum atomic E-state index is 11.4. The van der Waals surface area contributed by atoms with Crippen molar-refractivity contribution in [2.75, 3.05) is 32.3 Å². The van der Waals surface area contributed by atoms with E-state index in [0.717, 1.165) is 25.2 Å². The highest BCUT2D eigenvalue weighted by atomic mass is 16.5. The number of rotatable bonds is 8. The molecule has 0 fully saturated rings. The molecule has 1 aromatic rings. The number of carbonyl (C=O) groups is 1. The first-order valence-corrected chi connectivity index (χ1v) is 6.83. The van der Waals surface area contributed by atoms with E-state index < -0.39 is 5.97 Å². The molecule has 6 nitrogen and oxygen atoms in total. The van der Waals surface area contributed by atoms with Crippen LogP contribution in [0.1, 0.15) is 37.2 Å². The molecular formula is C14H23N3O3. The third-order valence-electron chi connectivity index (χ3n) is 3.25. The third kappa shape index (κ3) is 4.16. The lowest BCUT2D eigenvalue weighted by molar-refractivity contribution is 0.0593. The SMILES string of the molecule is CCC(CC)N(CCOC)c1cnc(C(=O)OC)cn1. The smallest absolute Gasteiger partial charge is 0.358 e. The molecule has 0 radical (unpaired) electrons. The highest BCUT2D eigenvalue weighted by Crippen LogP contribution is 2.17. The van der Waals surface area contributed by atoms with Crippen LogP contribution in [0.15, 0.2) is 12.4 Å². The van der Waals surface area contributed by atoms with E-state index in [1.807, 2.05) is 0 Å². The van der Waals surface area contributed by atoms with Gasteiger partial charge in [-0.25, -0.2) is 14.8 Å². The molecule has 0 saturated heterocycles. The summed E-state index contributed by atoms with van der Waals surface area (Å²) >= 11 is 0. The second-order valence-corrected chi connectivity index (χ2v) is 4.41. The Morgan fingerprint density at radius 3 is 2.40 bits per heavy atom. The van der Waals surface area contributed by atoms with Gasteiger partial charge in [-0.05, 0) is 12.8 Å². The molecule has 0 N–H and O–H groups in total. The number of aromatic nitrogens is 2. The molecule has 0 aliphatic carbocycles. The maximum absolute atomic E-state index is 11.4. The Kier molecular flexibility index (Phi) is 6.93. The number of methoxy groups -OCH3 is 2. The van der Waals surface area contributed by atoms with Gasteiger partial charge in [0.25, 0.3) is 0 Å². The average molecular weight is 281 g/mol. The lowest BCUT2D eigenvalue weighted by atomic mass is 10.1. The fourth-order valence-corrected chi connectivity index (χ4v) is 2.08. The van der Waals surface area contributed by atoms with E-state index in [2.05, 4.69) is 33.5 Å². The van der Waals surface area contributed by atoms with Gasteiger partial charge in [-0.3, -0.25) is 0 Å². The van der Waals surface area contributed by atoms with Crippen molar-refractivity contribution in [3.63, 3.8) is 0 Å². The first-order chi connectivity index (χ1) is 9.67. The van der Waals surface area contributed by atoms with Crippen molar-refractivity contribution in [2.24, 2.45) is 0 Å². The van der Waals surface area contributed by atoms with Crippen molar-refractivity contribution < 1.29 is 14.3 Å². The van der Waals surface area contributed by atoms with Crippen molar-refractivity contribution in [3.8, 4) is 0 Å². The van der Waals surface area contributed by atoms with Gasteiger partial charge in [-0.1, -0.05) is 13.8 Å². The van der Waals surface area contributed by atoms with Gasteiger partial charge in [0, 0.05) is 19.7 Å². The van der Waals surface area contributed by atoms with Gasteiger partial charge in [0.05, 0.1) is 26.1 Å². The molecule has 1 aromatic heterocycles. The lowest BCUT2D eigenvalue weighted by Crippen LogP contribution is -2.37. The quantitative estimate of drug-likeness (QED) is 0.678. The molecule has 0 saturated carbocycles. The topological polar surface area (TPSA) is 64.5 Å². The number of ether oxygens (including phenoxy) is 2. The summed E-state index contributed by atoms with van der Waals surface area (Å²) in [4.78, 5) is 22.0. The molecule has 0 aliphatic rings. The zero-order valence-electron chi connectivity index (χ0n) is 12.6. The van der Waals surface area contributed by atoms with Crippen molar-refractivity contribution in [1.29, 1.82) is 0 Å². The molecule has 0 aliphatic heterocycles. The highest BCUT2D eigenvalue weighted by Gasteiger charge is 2.18. The number of anilines is 1. The van der Waals surface area contributed by atoms with Crippen LogP contribution >= 0.6 is 0 Å². The zero-order valence-corrected chi connectivity index (χ0v) is 12.6. The van der Waals surface area contributed by atoms with E-state index in [1.54, 1.807) is 13.3 Å². The molecular weight excluding hydrogens is 258 g/mol. The van der Waals surface area contributed by atoms with E-state index in [4.69, 9.17) is 4.74 Å². The van der Waals surface area contributed by atoms with Crippen LogP contribution in [0.5, 0.6) is 0 Å². The van der Waals surface area contributed by atoms with Gasteiger partial charge in [-0.15, -0.1) is 0 Å². The summed E-state index contributed by atoms with van der Waals surface area (Å²) in [6, 6.07) is 0.378. The molecule has 0 aromatic carbocycles. The first kappa shape index (κ1) is 16.4. The Hall–Kier alpha value is -1.69. The molecule has 112 valence electrons. The van der Waals surface area contributed by atoms with Gasteiger partial charge < -0.3 is 14.4 Å². The standard InChI is InChI=1S/C14H23N3O3/c1-5-11(6-2)17(7-8-19-3)13-10-15-12(9-16-13)14(18)20-4/h9-11H,5-8H2,1-4H3. The maximum Gasteiger partial charge on any atom is 0.358 e. The molecule has 1 rings (SSSR count). The van der Waals surface area contributed by atoms with Crippen LogP contribution in [-0.4, -0.2) is 49.4 Å². The number of carbonyl (C=O) groups excluding carboxylic acids is 1. The van der Waals surface area contributed by atoms with E-state index in [0.29, 0.717) is 12.6 Å². The summed E-state index contributed by atoms with van der Waals surface area (Å²) in [5, 5.41) is 0. The van der Waals surface area contributed by atoms with Gasteiger partial charge in [0.1, 0.15) is 5.82 Å². The Morgan fingerprint density at radius 1 is 1.25 bits per heavy atom. The van der Waals surface area contributed by atoms with Crippen LogP contribution < -0.4 is 4.90 Å². The monoisotopic (exact) mass is 281 g/mol. The van der Waals surface area contributed by atoms with Gasteiger partial charge >= 0.3 is 5.97 Å². The minimum Gasteiger partial charge on any atom is -0.464 e. The molecule has 0 unspecified atom stereocenters. The zero-order chi connectivity index (χ0) is 15.0. The predicted molar refractivity (Wildman–Crippen MR) is 77.0 cm³/mol. The fourth-order valence-electron chi connectivity index (χ4n) is 2.08. The Bertz CT molecular complexity index is 405. The number of hydrogen-bond donors (Lipinski definition) is 0. The van der Waals surface area contributed by atoms with E-state index >= 15 is 0 Å². The molecule has 20 heavy (non-hydrogen) atoms. The average Bonchev–Trinajstić information content (AvgIpc) is 2.51. The van der Waals surface area contributed by atoms with Gasteiger partial charge in [0.2, 0.25) is 0 Å². The Balaban J connectivity index is 2.92. The van der Waals surface area contributed by atoms with Crippen LogP contribution in [0.4, 0.5) is 5.82 Å². The lowest BCUT2D eigenvalue weighted by Gasteiger charge is -2.31. The Morgan fingerprint density at radius 2 is 1.95 bits per heavy atom. The van der Waals surface area contributed by atoms with Crippen molar-refractivity contribution in [3.05, 3.63) is 18.1 Å². The van der Waals surface area contributed by atoms with Crippen molar-refractivity contribution in [1.82, 2.24) is 9.97 Å². The first-order valence-electron chi connectivity index (χ1n) is 6.83. The second-order valence-electron chi connectivity index (χ2n) is 4.41. The van der Waals surface area contributed by atoms with E-state index in [1.165, 1.54) is 13.3 Å². The second kappa shape index (κ2) is 8.47. The Labute approximate surface area is 120 Å². The highest BCUT2D eigenvalue weighted by molar-refractivity contribution is 5.86. The summed E-state index contributed by atoms with van der Waals surface area (Å²) < 4.78 is 9.76.